The molecule has 3 aromatic rings. The Hall–Kier alpha value is -2.89. The molecule has 0 aliphatic carbocycles. The largest absolute Gasteiger partial charge is 0.378 e. The van der Waals surface area contributed by atoms with Crippen molar-refractivity contribution in [2.45, 2.75) is 19.5 Å². The number of rotatable bonds is 6. The third-order valence-electron chi connectivity index (χ3n) is 5.99. The molecular formula is C25H30N3O2+. The molecule has 30 heavy (non-hydrogen) atoms. The standard InChI is InChI=1S/C25H29N3O2/c1-19(25(29)26-23-12-7-10-20-8-3-5-11-22(20)23)27(2)18-21-9-4-6-13-24(21)28-14-16-30-17-15-28/h3-13,19H,14-18H2,1-2H3,(H,26,29)/p+1/t19-/m0/s1. The molecule has 3 aromatic carbocycles. The number of hydrogen-bond donors (Lipinski definition) is 2. The molecule has 1 amide bonds. The van der Waals surface area contributed by atoms with Gasteiger partial charge in [0.25, 0.3) is 5.91 Å². The maximum atomic E-state index is 13.0. The molecule has 0 bridgehead atoms. The first-order chi connectivity index (χ1) is 14.6. The van der Waals surface area contributed by atoms with Crippen molar-refractivity contribution >= 4 is 28.1 Å². The molecule has 0 radical (unpaired) electrons. The molecule has 1 aliphatic rings. The Labute approximate surface area is 178 Å². The third kappa shape index (κ3) is 4.48. The van der Waals surface area contributed by atoms with E-state index in [1.54, 1.807) is 0 Å². The first-order valence-corrected chi connectivity index (χ1v) is 10.6. The van der Waals surface area contributed by atoms with Gasteiger partial charge in [-0.25, -0.2) is 0 Å². The second kappa shape index (κ2) is 9.28. The summed E-state index contributed by atoms with van der Waals surface area (Å²) < 4.78 is 5.50. The molecule has 1 fully saturated rings. The fourth-order valence-electron chi connectivity index (χ4n) is 4.03. The average Bonchev–Trinajstić information content (AvgIpc) is 2.79. The molecule has 1 unspecified atom stereocenters. The quantitative estimate of drug-likeness (QED) is 0.664. The summed E-state index contributed by atoms with van der Waals surface area (Å²) in [5.41, 5.74) is 3.38. The minimum atomic E-state index is -0.179. The molecule has 2 N–H and O–H groups in total. The molecule has 2 atom stereocenters. The highest BCUT2D eigenvalue weighted by Gasteiger charge is 2.24. The molecular weight excluding hydrogens is 374 g/mol. The van der Waals surface area contributed by atoms with Crippen LogP contribution in [0.1, 0.15) is 12.5 Å². The van der Waals surface area contributed by atoms with Gasteiger partial charge >= 0.3 is 0 Å². The van der Waals surface area contributed by atoms with E-state index in [-0.39, 0.29) is 11.9 Å². The van der Waals surface area contributed by atoms with Crippen LogP contribution in [0.25, 0.3) is 10.8 Å². The number of quaternary nitrogens is 1. The molecule has 1 aliphatic heterocycles. The first-order valence-electron chi connectivity index (χ1n) is 10.6. The van der Waals surface area contributed by atoms with Crippen molar-refractivity contribution in [2.75, 3.05) is 43.6 Å². The van der Waals surface area contributed by atoms with Crippen molar-refractivity contribution in [1.29, 1.82) is 0 Å². The van der Waals surface area contributed by atoms with Crippen molar-refractivity contribution in [3.8, 4) is 0 Å². The van der Waals surface area contributed by atoms with Crippen molar-refractivity contribution in [1.82, 2.24) is 0 Å². The van der Waals surface area contributed by atoms with Crippen molar-refractivity contribution in [3.05, 3.63) is 72.3 Å². The van der Waals surface area contributed by atoms with Gasteiger partial charge in [0, 0.05) is 35.4 Å². The van der Waals surface area contributed by atoms with Crippen LogP contribution >= 0.6 is 0 Å². The minimum Gasteiger partial charge on any atom is -0.378 e. The highest BCUT2D eigenvalue weighted by Crippen LogP contribution is 2.23. The number of para-hydroxylation sites is 1. The molecule has 5 nitrogen and oxygen atoms in total. The summed E-state index contributed by atoms with van der Waals surface area (Å²) >= 11 is 0. The normalized spacial score (nSPS) is 16.3. The van der Waals surface area contributed by atoms with Gasteiger partial charge in [-0.2, -0.15) is 0 Å². The lowest BCUT2D eigenvalue weighted by atomic mass is 10.1. The maximum Gasteiger partial charge on any atom is 0.282 e. The molecule has 156 valence electrons. The van der Waals surface area contributed by atoms with Gasteiger partial charge in [-0.3, -0.25) is 4.79 Å². The third-order valence-corrected chi connectivity index (χ3v) is 5.99. The number of amides is 1. The summed E-state index contributed by atoms with van der Waals surface area (Å²) in [6, 6.07) is 22.5. The number of nitrogens with zero attached hydrogens (tertiary/aromatic N) is 1. The Kier molecular flexibility index (Phi) is 6.31. The van der Waals surface area contributed by atoms with Crippen molar-refractivity contribution in [2.24, 2.45) is 0 Å². The van der Waals surface area contributed by atoms with Crippen LogP contribution in [0.3, 0.4) is 0 Å². The predicted octanol–water partition coefficient (Wildman–Crippen LogP) is 2.72. The lowest BCUT2D eigenvalue weighted by Gasteiger charge is -2.31. The zero-order chi connectivity index (χ0) is 20.9. The van der Waals surface area contributed by atoms with Crippen LogP contribution in [0.4, 0.5) is 11.4 Å². The Balaban J connectivity index is 1.46. The van der Waals surface area contributed by atoms with Crippen LogP contribution in [0.5, 0.6) is 0 Å². The molecule has 0 spiro atoms. The van der Waals surface area contributed by atoms with Crippen LogP contribution in [-0.2, 0) is 16.1 Å². The summed E-state index contributed by atoms with van der Waals surface area (Å²) in [4.78, 5) is 16.6. The van der Waals surface area contributed by atoms with E-state index in [2.05, 4.69) is 53.7 Å². The van der Waals surface area contributed by atoms with Gasteiger partial charge in [0.15, 0.2) is 6.04 Å². The molecule has 0 saturated carbocycles. The van der Waals surface area contributed by atoms with E-state index in [1.165, 1.54) is 11.3 Å². The second-order valence-corrected chi connectivity index (χ2v) is 7.99. The Morgan fingerprint density at radius 3 is 2.57 bits per heavy atom. The molecule has 1 saturated heterocycles. The number of anilines is 2. The monoisotopic (exact) mass is 404 g/mol. The number of nitrogens with one attached hydrogen (secondary N) is 2. The molecule has 5 heteroatoms. The van der Waals surface area contributed by atoms with Gasteiger partial charge < -0.3 is 19.9 Å². The van der Waals surface area contributed by atoms with E-state index in [0.29, 0.717) is 0 Å². The Bertz CT molecular complexity index is 1010. The number of benzene rings is 3. The number of carbonyl (C=O) groups is 1. The van der Waals surface area contributed by atoms with Gasteiger partial charge in [0.05, 0.1) is 20.3 Å². The SMILES string of the molecule is C[C@@H](C(=O)Nc1cccc2ccccc12)[NH+](C)Cc1ccccc1N1CCOCC1. The smallest absolute Gasteiger partial charge is 0.282 e. The second-order valence-electron chi connectivity index (χ2n) is 7.99. The molecule has 0 aromatic heterocycles. The van der Waals surface area contributed by atoms with Gasteiger partial charge in [-0.1, -0.05) is 54.6 Å². The Morgan fingerprint density at radius 2 is 1.73 bits per heavy atom. The van der Waals surface area contributed by atoms with Crippen LogP contribution in [-0.4, -0.2) is 45.3 Å². The average molecular weight is 405 g/mol. The summed E-state index contributed by atoms with van der Waals surface area (Å²) in [5.74, 6) is 0.0349. The fraction of sp³-hybridized carbons (Fsp3) is 0.320. The van der Waals surface area contributed by atoms with E-state index in [0.717, 1.165) is 54.2 Å². The number of likely N-dealkylation sites (N-methyl/N-ethyl adjacent to an activating group) is 1. The fourth-order valence-corrected chi connectivity index (χ4v) is 4.03. The van der Waals surface area contributed by atoms with E-state index in [4.69, 9.17) is 4.74 Å². The number of carbonyl (C=O) groups excluding carboxylic acids is 1. The van der Waals surface area contributed by atoms with Crippen molar-refractivity contribution < 1.29 is 14.4 Å². The van der Waals surface area contributed by atoms with Crippen LogP contribution in [0, 0.1) is 0 Å². The highest BCUT2D eigenvalue weighted by molar-refractivity contribution is 6.03. The van der Waals surface area contributed by atoms with E-state index >= 15 is 0 Å². The van der Waals surface area contributed by atoms with Gasteiger partial charge in [-0.15, -0.1) is 0 Å². The zero-order valence-corrected chi connectivity index (χ0v) is 17.7. The maximum absolute atomic E-state index is 13.0. The summed E-state index contributed by atoms with van der Waals surface area (Å²) in [5, 5.41) is 5.34. The number of hydrogen-bond acceptors (Lipinski definition) is 3. The number of fused-ring (bicyclic) bond motifs is 1. The Morgan fingerprint density at radius 1 is 1.03 bits per heavy atom. The van der Waals surface area contributed by atoms with Gasteiger partial charge in [-0.05, 0) is 24.4 Å². The van der Waals surface area contributed by atoms with Gasteiger partial charge in [0.2, 0.25) is 0 Å². The topological polar surface area (TPSA) is 46.0 Å². The molecule has 4 rings (SSSR count). The summed E-state index contributed by atoms with van der Waals surface area (Å²) in [6.45, 7) is 6.13. The molecule has 1 heterocycles. The van der Waals surface area contributed by atoms with E-state index in [9.17, 15) is 4.79 Å². The summed E-state index contributed by atoms with van der Waals surface area (Å²) in [7, 11) is 2.09. The van der Waals surface area contributed by atoms with Crippen LogP contribution < -0.4 is 15.1 Å². The number of morpholine rings is 1. The zero-order valence-electron chi connectivity index (χ0n) is 17.7. The number of ether oxygens (including phenoxy) is 1. The van der Waals surface area contributed by atoms with Crippen molar-refractivity contribution in [3.63, 3.8) is 0 Å². The van der Waals surface area contributed by atoms with E-state index < -0.39 is 0 Å². The first kappa shape index (κ1) is 20.4. The van der Waals surface area contributed by atoms with E-state index in [1.807, 2.05) is 37.3 Å². The lowest BCUT2D eigenvalue weighted by molar-refractivity contribution is -0.907. The van der Waals surface area contributed by atoms with Gasteiger partial charge in [0.1, 0.15) is 6.54 Å². The van der Waals surface area contributed by atoms with Crippen LogP contribution in [0.2, 0.25) is 0 Å². The summed E-state index contributed by atoms with van der Waals surface area (Å²) in [6.07, 6.45) is 0. The lowest BCUT2D eigenvalue weighted by Crippen LogP contribution is -3.12. The highest BCUT2D eigenvalue weighted by atomic mass is 16.5. The minimum absolute atomic E-state index is 0.0349. The predicted molar refractivity (Wildman–Crippen MR) is 122 cm³/mol. The van der Waals surface area contributed by atoms with Crippen LogP contribution in [0.15, 0.2) is 66.7 Å².